The molecule has 116 valence electrons. The van der Waals surface area contributed by atoms with E-state index in [1.807, 2.05) is 0 Å². The molecule has 0 aromatic heterocycles. The summed E-state index contributed by atoms with van der Waals surface area (Å²) in [6.07, 6.45) is 6.68. The fraction of sp³-hybridized carbons (Fsp3) is 0.684. The summed E-state index contributed by atoms with van der Waals surface area (Å²) < 4.78 is 0. The smallest absolute Gasteiger partial charge is 0.0362 e. The minimum atomic E-state index is 0.476. The molecule has 1 heterocycles. The van der Waals surface area contributed by atoms with Crippen molar-refractivity contribution in [2.75, 3.05) is 12.3 Å². The Morgan fingerprint density at radius 1 is 1.10 bits per heavy atom. The normalized spacial score (nSPS) is 27.4. The number of hydrogen-bond acceptors (Lipinski definition) is 2. The molecule has 1 aromatic rings. The van der Waals surface area contributed by atoms with Gasteiger partial charge in [0.25, 0.3) is 0 Å². The van der Waals surface area contributed by atoms with Gasteiger partial charge in [0, 0.05) is 24.8 Å². The van der Waals surface area contributed by atoms with E-state index in [1.54, 1.807) is 0 Å². The molecule has 0 saturated heterocycles. The van der Waals surface area contributed by atoms with E-state index in [1.165, 1.54) is 49.8 Å². The van der Waals surface area contributed by atoms with E-state index in [0.717, 1.165) is 24.2 Å². The van der Waals surface area contributed by atoms with Crippen LogP contribution in [0.1, 0.15) is 57.6 Å². The highest BCUT2D eigenvalue weighted by Gasteiger charge is 2.33. The molecule has 1 aliphatic heterocycles. The van der Waals surface area contributed by atoms with E-state index in [2.05, 4.69) is 43.9 Å². The molecule has 1 fully saturated rings. The number of anilines is 1. The fourth-order valence-electron chi connectivity index (χ4n) is 4.25. The summed E-state index contributed by atoms with van der Waals surface area (Å²) in [5.74, 6) is 0.899. The van der Waals surface area contributed by atoms with Crippen LogP contribution in [0, 0.1) is 11.3 Å². The van der Waals surface area contributed by atoms with Gasteiger partial charge in [0.2, 0.25) is 0 Å². The third kappa shape index (κ3) is 3.11. The zero-order chi connectivity index (χ0) is 15.0. The van der Waals surface area contributed by atoms with Crippen LogP contribution in [0.2, 0.25) is 0 Å². The number of nitrogen functional groups attached to an aromatic ring is 1. The lowest BCUT2D eigenvalue weighted by atomic mass is 9.71. The van der Waals surface area contributed by atoms with Gasteiger partial charge in [0.1, 0.15) is 0 Å². The van der Waals surface area contributed by atoms with Crippen LogP contribution in [0.25, 0.3) is 0 Å². The number of fused-ring (bicyclic) bond motifs is 1. The average molecular weight is 286 g/mol. The zero-order valence-electron chi connectivity index (χ0n) is 13.9. The maximum atomic E-state index is 6.19. The van der Waals surface area contributed by atoms with Crippen LogP contribution in [-0.4, -0.2) is 17.5 Å². The molecule has 1 aliphatic carbocycles. The molecule has 0 unspecified atom stereocenters. The third-order valence-electron chi connectivity index (χ3n) is 5.78. The van der Waals surface area contributed by atoms with Crippen molar-refractivity contribution < 1.29 is 0 Å². The van der Waals surface area contributed by atoms with Crippen LogP contribution in [0.3, 0.4) is 0 Å². The summed E-state index contributed by atoms with van der Waals surface area (Å²) in [5.41, 5.74) is 10.5. The Morgan fingerprint density at radius 2 is 1.81 bits per heavy atom. The largest absolute Gasteiger partial charge is 0.398 e. The van der Waals surface area contributed by atoms with E-state index in [9.17, 15) is 0 Å². The minimum absolute atomic E-state index is 0.476. The Bertz CT molecular complexity index is 493. The fourth-order valence-corrected chi connectivity index (χ4v) is 4.25. The number of benzene rings is 1. The lowest BCUT2D eigenvalue weighted by Crippen LogP contribution is -2.42. The number of nitrogens with two attached hydrogens (primary N) is 1. The summed E-state index contributed by atoms with van der Waals surface area (Å²) in [6, 6.07) is 7.17. The molecule has 21 heavy (non-hydrogen) atoms. The highest BCUT2D eigenvalue weighted by atomic mass is 15.2. The third-order valence-corrected chi connectivity index (χ3v) is 5.78. The van der Waals surface area contributed by atoms with Crippen LogP contribution in [-0.2, 0) is 13.0 Å². The van der Waals surface area contributed by atoms with E-state index >= 15 is 0 Å². The molecule has 0 atom stereocenters. The molecule has 1 saturated carbocycles. The summed E-state index contributed by atoms with van der Waals surface area (Å²) >= 11 is 0. The average Bonchev–Trinajstić information content (AvgIpc) is 2.47. The highest BCUT2D eigenvalue weighted by Crippen LogP contribution is 2.40. The van der Waals surface area contributed by atoms with Gasteiger partial charge in [0.15, 0.2) is 0 Å². The highest BCUT2D eigenvalue weighted by molar-refractivity contribution is 5.51. The maximum absolute atomic E-state index is 6.19. The van der Waals surface area contributed by atoms with Gasteiger partial charge in [-0.25, -0.2) is 0 Å². The van der Waals surface area contributed by atoms with Gasteiger partial charge in [-0.3, -0.25) is 4.90 Å². The van der Waals surface area contributed by atoms with Crippen molar-refractivity contribution in [2.45, 2.75) is 65.5 Å². The van der Waals surface area contributed by atoms with Crippen LogP contribution >= 0.6 is 0 Å². The first-order chi connectivity index (χ1) is 9.95. The quantitative estimate of drug-likeness (QED) is 0.783. The van der Waals surface area contributed by atoms with E-state index in [0.29, 0.717) is 5.41 Å². The maximum Gasteiger partial charge on any atom is 0.0362 e. The lowest BCUT2D eigenvalue weighted by molar-refractivity contribution is 0.0875. The van der Waals surface area contributed by atoms with Crippen molar-refractivity contribution in [1.82, 2.24) is 4.90 Å². The van der Waals surface area contributed by atoms with Crippen molar-refractivity contribution in [3.8, 4) is 0 Å². The van der Waals surface area contributed by atoms with Crippen molar-refractivity contribution in [2.24, 2.45) is 11.3 Å². The van der Waals surface area contributed by atoms with Crippen molar-refractivity contribution in [1.29, 1.82) is 0 Å². The van der Waals surface area contributed by atoms with Crippen molar-refractivity contribution >= 4 is 5.69 Å². The van der Waals surface area contributed by atoms with Crippen molar-refractivity contribution in [3.63, 3.8) is 0 Å². The van der Waals surface area contributed by atoms with Gasteiger partial charge in [0.05, 0.1) is 0 Å². The van der Waals surface area contributed by atoms with Gasteiger partial charge < -0.3 is 5.73 Å². The van der Waals surface area contributed by atoms with Crippen LogP contribution in [0.5, 0.6) is 0 Å². The summed E-state index contributed by atoms with van der Waals surface area (Å²) in [5, 5.41) is 0. The molecule has 2 heteroatoms. The summed E-state index contributed by atoms with van der Waals surface area (Å²) in [4.78, 5) is 2.69. The molecule has 0 spiro atoms. The molecule has 2 N–H and O–H groups in total. The molecule has 0 amide bonds. The van der Waals surface area contributed by atoms with Crippen LogP contribution in [0.4, 0.5) is 5.69 Å². The predicted molar refractivity (Wildman–Crippen MR) is 90.2 cm³/mol. The van der Waals surface area contributed by atoms with Gasteiger partial charge in [-0.05, 0) is 60.6 Å². The topological polar surface area (TPSA) is 29.3 Å². The Kier molecular flexibility index (Phi) is 4.00. The molecular weight excluding hydrogens is 256 g/mol. The second kappa shape index (κ2) is 5.64. The van der Waals surface area contributed by atoms with E-state index in [4.69, 9.17) is 5.73 Å². The Morgan fingerprint density at radius 3 is 2.48 bits per heavy atom. The molecule has 2 nitrogen and oxygen atoms in total. The van der Waals surface area contributed by atoms with Gasteiger partial charge >= 0.3 is 0 Å². The standard InChI is InChI=1S/C19H30N2/c1-19(2,3)15-7-9-16(10-8-15)21-12-11-14-5-4-6-18(20)17(14)13-21/h4-6,15-16H,7-13,20H2,1-3H3. The van der Waals surface area contributed by atoms with Crippen molar-refractivity contribution in [3.05, 3.63) is 29.3 Å². The summed E-state index contributed by atoms with van der Waals surface area (Å²) in [7, 11) is 0. The molecule has 2 aliphatic rings. The second-order valence-electron chi connectivity index (χ2n) is 8.08. The second-order valence-corrected chi connectivity index (χ2v) is 8.08. The number of nitrogens with zero attached hydrogens (tertiary/aromatic N) is 1. The van der Waals surface area contributed by atoms with Crippen LogP contribution in [0.15, 0.2) is 18.2 Å². The minimum Gasteiger partial charge on any atom is -0.398 e. The Labute approximate surface area is 129 Å². The van der Waals surface area contributed by atoms with E-state index in [-0.39, 0.29) is 0 Å². The lowest BCUT2D eigenvalue weighted by Gasteiger charge is -2.42. The first-order valence-electron chi connectivity index (χ1n) is 8.55. The number of rotatable bonds is 1. The summed E-state index contributed by atoms with van der Waals surface area (Å²) in [6.45, 7) is 9.47. The van der Waals surface area contributed by atoms with E-state index < -0.39 is 0 Å². The molecule has 0 radical (unpaired) electrons. The molecule has 1 aromatic carbocycles. The van der Waals surface area contributed by atoms with Gasteiger partial charge in [-0.1, -0.05) is 32.9 Å². The Balaban J connectivity index is 1.64. The molecule has 0 bridgehead atoms. The van der Waals surface area contributed by atoms with Gasteiger partial charge in [-0.15, -0.1) is 0 Å². The zero-order valence-corrected chi connectivity index (χ0v) is 13.9. The predicted octanol–water partition coefficient (Wildman–Crippen LogP) is 4.23. The molecule has 3 rings (SSSR count). The Hall–Kier alpha value is -1.02. The molecular formula is C19H30N2. The SMILES string of the molecule is CC(C)(C)C1CCC(N2CCc3cccc(N)c3C2)CC1. The van der Waals surface area contributed by atoms with Crippen LogP contribution < -0.4 is 5.73 Å². The first-order valence-corrected chi connectivity index (χ1v) is 8.55. The monoisotopic (exact) mass is 286 g/mol. The van der Waals surface area contributed by atoms with Gasteiger partial charge in [-0.2, -0.15) is 0 Å². The first kappa shape index (κ1) is 14.9. The number of hydrogen-bond donors (Lipinski definition) is 1.